The van der Waals surface area contributed by atoms with Crippen LogP contribution < -0.4 is 5.32 Å². The summed E-state index contributed by atoms with van der Waals surface area (Å²) in [7, 11) is 0. The Morgan fingerprint density at radius 2 is 2.30 bits per heavy atom. The SMILES string of the molecule is CCn1ncnc1CC(=O)c1ccc2c(c1)CNCC2. The van der Waals surface area contributed by atoms with Gasteiger partial charge in [0.15, 0.2) is 5.78 Å². The lowest BCUT2D eigenvalue weighted by Crippen LogP contribution is -2.24. The molecule has 2 heterocycles. The van der Waals surface area contributed by atoms with Crippen LogP contribution in [0.15, 0.2) is 24.5 Å². The van der Waals surface area contributed by atoms with Gasteiger partial charge >= 0.3 is 0 Å². The highest BCUT2D eigenvalue weighted by atomic mass is 16.1. The normalized spacial score (nSPS) is 14.1. The largest absolute Gasteiger partial charge is 0.312 e. The fraction of sp³-hybridized carbons (Fsp3) is 0.400. The summed E-state index contributed by atoms with van der Waals surface area (Å²) in [6, 6.07) is 6.02. The zero-order chi connectivity index (χ0) is 13.9. The highest BCUT2D eigenvalue weighted by molar-refractivity contribution is 5.97. The first-order chi connectivity index (χ1) is 9.78. The van der Waals surface area contributed by atoms with Crippen LogP contribution in [0.4, 0.5) is 0 Å². The van der Waals surface area contributed by atoms with Crippen LogP contribution in [0.1, 0.15) is 34.2 Å². The van der Waals surface area contributed by atoms with Crippen LogP contribution in [-0.4, -0.2) is 27.1 Å². The first-order valence-electron chi connectivity index (χ1n) is 7.00. The molecule has 0 saturated carbocycles. The number of ketones is 1. The number of nitrogens with zero attached hydrogens (tertiary/aromatic N) is 3. The smallest absolute Gasteiger partial charge is 0.170 e. The number of aromatic nitrogens is 3. The predicted octanol–water partition coefficient (Wildman–Crippen LogP) is 1.37. The summed E-state index contributed by atoms with van der Waals surface area (Å²) in [5.41, 5.74) is 3.34. The van der Waals surface area contributed by atoms with Crippen molar-refractivity contribution in [2.45, 2.75) is 32.9 Å². The lowest BCUT2D eigenvalue weighted by atomic mass is 9.96. The van der Waals surface area contributed by atoms with E-state index in [9.17, 15) is 4.79 Å². The van der Waals surface area contributed by atoms with Gasteiger partial charge in [0, 0.05) is 18.7 Å². The van der Waals surface area contributed by atoms with Gasteiger partial charge in [0.05, 0.1) is 6.42 Å². The van der Waals surface area contributed by atoms with Crippen molar-refractivity contribution in [2.75, 3.05) is 6.54 Å². The highest BCUT2D eigenvalue weighted by Gasteiger charge is 2.15. The van der Waals surface area contributed by atoms with Crippen molar-refractivity contribution in [1.29, 1.82) is 0 Å². The van der Waals surface area contributed by atoms with Gasteiger partial charge in [-0.3, -0.25) is 4.79 Å². The van der Waals surface area contributed by atoms with Crippen molar-refractivity contribution in [3.8, 4) is 0 Å². The van der Waals surface area contributed by atoms with Crippen molar-refractivity contribution < 1.29 is 4.79 Å². The number of carbonyl (C=O) groups excluding carboxylic acids is 1. The van der Waals surface area contributed by atoms with Gasteiger partial charge in [-0.25, -0.2) is 9.67 Å². The molecule has 2 aromatic rings. The van der Waals surface area contributed by atoms with Crippen LogP contribution in [0.5, 0.6) is 0 Å². The minimum Gasteiger partial charge on any atom is -0.312 e. The molecule has 0 fully saturated rings. The summed E-state index contributed by atoms with van der Waals surface area (Å²) in [4.78, 5) is 16.5. The van der Waals surface area contributed by atoms with Gasteiger partial charge < -0.3 is 5.32 Å². The molecule has 20 heavy (non-hydrogen) atoms. The molecule has 1 aromatic heterocycles. The van der Waals surface area contributed by atoms with E-state index in [0.717, 1.165) is 37.4 Å². The molecule has 1 aliphatic rings. The number of hydrogen-bond acceptors (Lipinski definition) is 4. The number of fused-ring (bicyclic) bond motifs is 1. The van der Waals surface area contributed by atoms with Crippen molar-refractivity contribution in [1.82, 2.24) is 20.1 Å². The van der Waals surface area contributed by atoms with Gasteiger partial charge in [0.1, 0.15) is 12.2 Å². The third kappa shape index (κ3) is 2.49. The number of carbonyl (C=O) groups is 1. The molecule has 3 rings (SSSR count). The first kappa shape index (κ1) is 13.0. The summed E-state index contributed by atoms with van der Waals surface area (Å²) in [6.07, 6.45) is 2.84. The zero-order valence-corrected chi connectivity index (χ0v) is 11.6. The number of hydrogen-bond donors (Lipinski definition) is 1. The first-order valence-corrected chi connectivity index (χ1v) is 7.00. The molecule has 5 nitrogen and oxygen atoms in total. The Balaban J connectivity index is 1.80. The predicted molar refractivity (Wildman–Crippen MR) is 75.6 cm³/mol. The Morgan fingerprint density at radius 1 is 1.40 bits per heavy atom. The molecular weight excluding hydrogens is 252 g/mol. The van der Waals surface area contributed by atoms with E-state index in [1.54, 1.807) is 4.68 Å². The fourth-order valence-corrected chi connectivity index (χ4v) is 2.59. The van der Waals surface area contributed by atoms with Gasteiger partial charge in [0.25, 0.3) is 0 Å². The molecule has 1 aliphatic heterocycles. The van der Waals surface area contributed by atoms with Gasteiger partial charge in [-0.05, 0) is 37.1 Å². The van der Waals surface area contributed by atoms with E-state index in [1.807, 2.05) is 19.1 Å². The lowest BCUT2D eigenvalue weighted by Gasteiger charge is -2.17. The van der Waals surface area contributed by atoms with Crippen LogP contribution in [-0.2, 0) is 25.9 Å². The van der Waals surface area contributed by atoms with E-state index in [2.05, 4.69) is 21.5 Å². The molecule has 5 heteroatoms. The Hall–Kier alpha value is -2.01. The Labute approximate surface area is 118 Å². The summed E-state index contributed by atoms with van der Waals surface area (Å²) in [5.74, 6) is 0.828. The van der Waals surface area contributed by atoms with E-state index in [0.29, 0.717) is 6.42 Å². The second-order valence-electron chi connectivity index (χ2n) is 5.00. The van der Waals surface area contributed by atoms with Gasteiger partial charge in [-0.15, -0.1) is 0 Å². The molecule has 1 aromatic carbocycles. The van der Waals surface area contributed by atoms with Crippen molar-refractivity contribution >= 4 is 5.78 Å². The van der Waals surface area contributed by atoms with Gasteiger partial charge in [-0.1, -0.05) is 12.1 Å². The molecule has 104 valence electrons. The van der Waals surface area contributed by atoms with Crippen molar-refractivity contribution in [3.63, 3.8) is 0 Å². The summed E-state index contributed by atoms with van der Waals surface area (Å²) in [6.45, 7) is 4.59. The maximum atomic E-state index is 12.4. The van der Waals surface area contributed by atoms with Gasteiger partial charge in [-0.2, -0.15) is 5.10 Å². The number of nitrogens with one attached hydrogen (secondary N) is 1. The van der Waals surface area contributed by atoms with E-state index < -0.39 is 0 Å². The van der Waals surface area contributed by atoms with Crippen LogP contribution in [0.3, 0.4) is 0 Å². The van der Waals surface area contributed by atoms with Crippen LogP contribution >= 0.6 is 0 Å². The number of rotatable bonds is 4. The molecule has 0 saturated heterocycles. The number of benzene rings is 1. The highest BCUT2D eigenvalue weighted by Crippen LogP contribution is 2.17. The third-order valence-corrected chi connectivity index (χ3v) is 3.73. The Kier molecular flexibility index (Phi) is 3.60. The maximum absolute atomic E-state index is 12.4. The molecule has 0 amide bonds. The molecule has 0 atom stereocenters. The molecular formula is C15H18N4O. The second kappa shape index (κ2) is 5.54. The topological polar surface area (TPSA) is 59.8 Å². The Bertz CT molecular complexity index is 633. The van der Waals surface area contributed by atoms with E-state index in [-0.39, 0.29) is 5.78 Å². The maximum Gasteiger partial charge on any atom is 0.170 e. The second-order valence-corrected chi connectivity index (χ2v) is 5.00. The fourth-order valence-electron chi connectivity index (χ4n) is 2.59. The Morgan fingerprint density at radius 3 is 3.15 bits per heavy atom. The summed E-state index contributed by atoms with van der Waals surface area (Å²) in [5, 5.41) is 7.43. The number of Topliss-reactive ketones (excluding diaryl/α,β-unsaturated/α-hetero) is 1. The number of aryl methyl sites for hydroxylation is 1. The van der Waals surface area contributed by atoms with E-state index in [4.69, 9.17) is 0 Å². The quantitative estimate of drug-likeness (QED) is 0.852. The molecule has 0 spiro atoms. The summed E-state index contributed by atoms with van der Waals surface area (Å²) >= 11 is 0. The van der Waals surface area contributed by atoms with Crippen LogP contribution in [0.25, 0.3) is 0 Å². The summed E-state index contributed by atoms with van der Waals surface area (Å²) < 4.78 is 1.76. The molecule has 0 radical (unpaired) electrons. The van der Waals surface area contributed by atoms with Crippen molar-refractivity contribution in [2.24, 2.45) is 0 Å². The lowest BCUT2D eigenvalue weighted by molar-refractivity contribution is 0.0989. The standard InChI is InChI=1S/C15H18N4O/c1-2-19-15(17-10-18-19)8-14(20)12-4-3-11-5-6-16-9-13(11)7-12/h3-4,7,10,16H,2,5-6,8-9H2,1H3. The minimum absolute atomic E-state index is 0.0982. The monoisotopic (exact) mass is 270 g/mol. The average Bonchev–Trinajstić information content (AvgIpc) is 2.94. The van der Waals surface area contributed by atoms with Crippen LogP contribution in [0.2, 0.25) is 0 Å². The average molecular weight is 270 g/mol. The van der Waals surface area contributed by atoms with Crippen molar-refractivity contribution in [3.05, 3.63) is 47.0 Å². The molecule has 0 unspecified atom stereocenters. The van der Waals surface area contributed by atoms with E-state index >= 15 is 0 Å². The van der Waals surface area contributed by atoms with Gasteiger partial charge in [0.2, 0.25) is 0 Å². The van der Waals surface area contributed by atoms with E-state index in [1.165, 1.54) is 17.5 Å². The minimum atomic E-state index is 0.0982. The third-order valence-electron chi connectivity index (χ3n) is 3.73. The molecule has 1 N–H and O–H groups in total. The molecule has 0 aliphatic carbocycles. The van der Waals surface area contributed by atoms with Crippen LogP contribution in [0, 0.1) is 0 Å². The molecule has 0 bridgehead atoms. The zero-order valence-electron chi connectivity index (χ0n) is 11.6.